The maximum atomic E-state index is 12.2. The normalized spacial score (nSPS) is 16.5. The van der Waals surface area contributed by atoms with Crippen LogP contribution in [0.2, 0.25) is 0 Å². The molecule has 1 heterocycles. The molecule has 3 N–H and O–H groups in total. The number of benzene rings is 1. The van der Waals surface area contributed by atoms with Crippen molar-refractivity contribution in [2.75, 3.05) is 24.1 Å². The first-order chi connectivity index (χ1) is 8.99. The maximum absolute atomic E-state index is 12.2. The zero-order chi connectivity index (χ0) is 14.0. The molecule has 0 aromatic heterocycles. The van der Waals surface area contributed by atoms with E-state index in [4.69, 9.17) is 5.73 Å². The molecule has 1 saturated heterocycles. The molecule has 1 aliphatic rings. The molecule has 0 saturated carbocycles. The van der Waals surface area contributed by atoms with Crippen LogP contribution in [0.1, 0.15) is 25.3 Å². The van der Waals surface area contributed by atoms with E-state index in [2.05, 4.69) is 21.2 Å². The average molecular weight is 326 g/mol. The van der Waals surface area contributed by atoms with Gasteiger partial charge in [0.15, 0.2) is 0 Å². The summed E-state index contributed by atoms with van der Waals surface area (Å²) >= 11 is 3.48. The molecule has 0 bridgehead atoms. The Kier molecular flexibility index (Phi) is 4.34. The fourth-order valence-electron chi connectivity index (χ4n) is 2.31. The van der Waals surface area contributed by atoms with Crippen LogP contribution in [0.25, 0.3) is 0 Å². The van der Waals surface area contributed by atoms with E-state index in [1.807, 2.05) is 30.9 Å². The molecule has 4 nitrogen and oxygen atoms in total. The first kappa shape index (κ1) is 14.2. The van der Waals surface area contributed by atoms with Crippen molar-refractivity contribution < 1.29 is 4.79 Å². The average Bonchev–Trinajstić information content (AvgIpc) is 2.88. The van der Waals surface area contributed by atoms with Gasteiger partial charge in [-0.3, -0.25) is 4.79 Å². The van der Waals surface area contributed by atoms with Gasteiger partial charge in [0.1, 0.15) is 6.04 Å². The minimum atomic E-state index is -0.225. The van der Waals surface area contributed by atoms with Gasteiger partial charge in [0, 0.05) is 28.9 Å². The van der Waals surface area contributed by atoms with Crippen molar-refractivity contribution >= 4 is 33.2 Å². The van der Waals surface area contributed by atoms with E-state index in [9.17, 15) is 4.79 Å². The quantitative estimate of drug-likeness (QED) is 0.840. The van der Waals surface area contributed by atoms with E-state index in [0.717, 1.165) is 47.3 Å². The summed E-state index contributed by atoms with van der Waals surface area (Å²) in [5, 5.41) is 3.26. The van der Waals surface area contributed by atoms with E-state index in [1.165, 1.54) is 0 Å². The van der Waals surface area contributed by atoms with Gasteiger partial charge in [0.05, 0.1) is 0 Å². The van der Waals surface area contributed by atoms with Crippen LogP contribution in [0.5, 0.6) is 0 Å². The fraction of sp³-hybridized carbons (Fsp3) is 0.500. The number of likely N-dealkylation sites (tertiary alicyclic amines) is 1. The van der Waals surface area contributed by atoms with Gasteiger partial charge >= 0.3 is 0 Å². The van der Waals surface area contributed by atoms with Gasteiger partial charge in [-0.2, -0.15) is 0 Å². The maximum Gasteiger partial charge on any atom is 0.244 e. The molecule has 0 aliphatic carbocycles. The van der Waals surface area contributed by atoms with Gasteiger partial charge < -0.3 is 16.0 Å². The molecule has 1 amide bonds. The smallest absolute Gasteiger partial charge is 0.244 e. The number of nitrogens with zero attached hydrogens (tertiary/aromatic N) is 1. The lowest BCUT2D eigenvalue weighted by atomic mass is 10.1. The lowest BCUT2D eigenvalue weighted by Gasteiger charge is -2.22. The van der Waals surface area contributed by atoms with Gasteiger partial charge in [-0.15, -0.1) is 0 Å². The molecule has 0 spiro atoms. The van der Waals surface area contributed by atoms with Crippen LogP contribution in [-0.4, -0.2) is 29.9 Å². The second-order valence-corrected chi connectivity index (χ2v) is 5.94. The minimum absolute atomic E-state index is 0.166. The number of rotatable bonds is 3. The Morgan fingerprint density at radius 1 is 1.42 bits per heavy atom. The Balaban J connectivity index is 2.08. The molecular weight excluding hydrogens is 306 g/mol. The molecule has 104 valence electrons. The third kappa shape index (κ3) is 3.21. The highest BCUT2D eigenvalue weighted by Gasteiger charge is 2.23. The summed E-state index contributed by atoms with van der Waals surface area (Å²) in [5.41, 5.74) is 8.51. The standard InChI is InChI=1S/C14H20BrN3O/c1-9-7-13(11(15)8-12(9)16)17-10(2)14(19)18-5-3-4-6-18/h7-8,10,17H,3-6,16H2,1-2H3. The van der Waals surface area contributed by atoms with Crippen LogP contribution >= 0.6 is 15.9 Å². The van der Waals surface area contributed by atoms with Gasteiger partial charge in [0.2, 0.25) is 5.91 Å². The lowest BCUT2D eigenvalue weighted by Crippen LogP contribution is -2.39. The van der Waals surface area contributed by atoms with Gasteiger partial charge in [0.25, 0.3) is 0 Å². The van der Waals surface area contributed by atoms with Crippen molar-refractivity contribution in [3.8, 4) is 0 Å². The first-order valence-electron chi connectivity index (χ1n) is 6.60. The van der Waals surface area contributed by atoms with Crippen LogP contribution in [0, 0.1) is 6.92 Å². The number of hydrogen-bond acceptors (Lipinski definition) is 3. The highest BCUT2D eigenvalue weighted by atomic mass is 79.9. The summed E-state index contributed by atoms with van der Waals surface area (Å²) in [6.45, 7) is 5.62. The second kappa shape index (κ2) is 5.82. The molecule has 5 heteroatoms. The number of nitrogens with two attached hydrogens (primary N) is 1. The number of halogens is 1. The summed E-state index contributed by atoms with van der Waals surface area (Å²) in [4.78, 5) is 14.2. The molecule has 1 fully saturated rings. The molecule has 1 atom stereocenters. The SMILES string of the molecule is Cc1cc(NC(C)C(=O)N2CCCC2)c(Br)cc1N. The third-order valence-corrected chi connectivity index (χ3v) is 4.17. The van der Waals surface area contributed by atoms with E-state index in [-0.39, 0.29) is 11.9 Å². The van der Waals surface area contributed by atoms with Gasteiger partial charge in [-0.25, -0.2) is 0 Å². The predicted octanol–water partition coefficient (Wildman–Crippen LogP) is 2.76. The van der Waals surface area contributed by atoms with Crippen LogP contribution in [0.3, 0.4) is 0 Å². The monoisotopic (exact) mass is 325 g/mol. The third-order valence-electron chi connectivity index (χ3n) is 3.52. The molecule has 19 heavy (non-hydrogen) atoms. The molecular formula is C14H20BrN3O. The number of carbonyl (C=O) groups excluding carboxylic acids is 1. The number of nitrogens with one attached hydrogen (secondary N) is 1. The fourth-order valence-corrected chi connectivity index (χ4v) is 2.79. The van der Waals surface area contributed by atoms with Crippen LogP contribution in [0.4, 0.5) is 11.4 Å². The Bertz CT molecular complexity index is 484. The highest BCUT2D eigenvalue weighted by Crippen LogP contribution is 2.28. The molecule has 1 aliphatic heterocycles. The largest absolute Gasteiger partial charge is 0.398 e. The van der Waals surface area contributed by atoms with Crippen molar-refractivity contribution in [3.05, 3.63) is 22.2 Å². The van der Waals surface area contributed by atoms with Crippen molar-refractivity contribution in [2.45, 2.75) is 32.7 Å². The van der Waals surface area contributed by atoms with Crippen molar-refractivity contribution in [1.82, 2.24) is 4.90 Å². The van der Waals surface area contributed by atoms with E-state index in [0.29, 0.717) is 0 Å². The number of aryl methyl sites for hydroxylation is 1. The zero-order valence-corrected chi connectivity index (χ0v) is 13.0. The lowest BCUT2D eigenvalue weighted by molar-refractivity contribution is -0.130. The summed E-state index contributed by atoms with van der Waals surface area (Å²) in [7, 11) is 0. The number of nitrogen functional groups attached to an aromatic ring is 1. The Hall–Kier alpha value is -1.23. The topological polar surface area (TPSA) is 58.4 Å². The minimum Gasteiger partial charge on any atom is -0.398 e. The van der Waals surface area contributed by atoms with Crippen molar-refractivity contribution in [2.24, 2.45) is 0 Å². The number of hydrogen-bond donors (Lipinski definition) is 2. The number of anilines is 2. The van der Waals surface area contributed by atoms with E-state index >= 15 is 0 Å². The molecule has 0 radical (unpaired) electrons. The Morgan fingerprint density at radius 2 is 2.05 bits per heavy atom. The number of amides is 1. The molecule has 1 unspecified atom stereocenters. The summed E-state index contributed by atoms with van der Waals surface area (Å²) < 4.78 is 0.886. The summed E-state index contributed by atoms with van der Waals surface area (Å²) in [6, 6.07) is 3.61. The van der Waals surface area contributed by atoms with E-state index < -0.39 is 0 Å². The zero-order valence-electron chi connectivity index (χ0n) is 11.4. The molecule has 1 aromatic carbocycles. The molecule has 2 rings (SSSR count). The summed E-state index contributed by atoms with van der Waals surface area (Å²) in [6.07, 6.45) is 2.23. The van der Waals surface area contributed by atoms with E-state index in [1.54, 1.807) is 0 Å². The summed E-state index contributed by atoms with van der Waals surface area (Å²) in [5.74, 6) is 0.166. The Morgan fingerprint density at radius 3 is 2.68 bits per heavy atom. The van der Waals surface area contributed by atoms with Crippen molar-refractivity contribution in [1.29, 1.82) is 0 Å². The predicted molar refractivity (Wildman–Crippen MR) is 82.2 cm³/mol. The van der Waals surface area contributed by atoms with Gasteiger partial charge in [-0.05, 0) is 60.3 Å². The molecule has 1 aromatic rings. The first-order valence-corrected chi connectivity index (χ1v) is 7.39. The number of carbonyl (C=O) groups is 1. The Labute approximate surface area is 122 Å². The van der Waals surface area contributed by atoms with Crippen molar-refractivity contribution in [3.63, 3.8) is 0 Å². The van der Waals surface area contributed by atoms with Crippen LogP contribution in [-0.2, 0) is 4.79 Å². The van der Waals surface area contributed by atoms with Crippen LogP contribution < -0.4 is 11.1 Å². The van der Waals surface area contributed by atoms with Crippen LogP contribution in [0.15, 0.2) is 16.6 Å². The highest BCUT2D eigenvalue weighted by molar-refractivity contribution is 9.10. The second-order valence-electron chi connectivity index (χ2n) is 5.09. The van der Waals surface area contributed by atoms with Gasteiger partial charge in [-0.1, -0.05) is 0 Å².